The van der Waals surface area contributed by atoms with Crippen molar-refractivity contribution < 1.29 is 49.4 Å². The minimum absolute atomic E-state index is 0.0254. The van der Waals surface area contributed by atoms with Crippen LogP contribution in [-0.4, -0.2) is 95.9 Å². The van der Waals surface area contributed by atoms with Gasteiger partial charge in [0.05, 0.1) is 23.3 Å². The Morgan fingerprint density at radius 3 is 2.18 bits per heavy atom. The number of carbonyl (C=O) groups excluding carboxylic acids is 2. The molecule has 19 heteroatoms. The van der Waals surface area contributed by atoms with E-state index in [1.165, 1.54) is 23.9 Å². The fourth-order valence-electron chi connectivity index (χ4n) is 8.61. The van der Waals surface area contributed by atoms with E-state index in [0.29, 0.717) is 68.8 Å². The summed E-state index contributed by atoms with van der Waals surface area (Å²) in [5.41, 5.74) is -2.80. The molecule has 0 spiro atoms. The molecule has 1 fully saturated rings. The van der Waals surface area contributed by atoms with Crippen molar-refractivity contribution >= 4 is 66.5 Å². The number of anilines is 2. The number of nitrogens with zero attached hydrogens (tertiary/aromatic N) is 2. The number of aliphatic hydroxyl groups excluding tert-OH is 1. The van der Waals surface area contributed by atoms with Crippen LogP contribution in [0.3, 0.4) is 0 Å². The molecule has 1 aliphatic heterocycles. The number of thioether (sulfide) groups is 1. The van der Waals surface area contributed by atoms with Gasteiger partial charge in [-0.1, -0.05) is 85.5 Å². The standard InChI is InChI=1S/C53H62ClF3N4O8S3/c1-3-69-50(62)18-10-5-4-6-13-32-60(2)33-31-42(37-70-44-14-8-7-9-15-44)58-48-28-27-45(36-49(48)71(65,66)53(55,56)57)72(67,68)59-52(64)40-21-25-43(26-22-40)61-34-29-39(30-35-61)51(63)47-17-12-11-16-46(47)38-19-23-41(54)24-20-38/h7-9,11-12,14-17,19-28,36,39,42,51,58,63H,3-6,10,13,18,29-35,37H2,1-2H3,(H,59,64). The van der Waals surface area contributed by atoms with Gasteiger partial charge in [0.25, 0.3) is 25.8 Å². The second-order valence-corrected chi connectivity index (χ2v) is 23.0. The number of aliphatic hydroxyl groups is 1. The first-order valence-corrected chi connectivity index (χ1v) is 28.4. The summed E-state index contributed by atoms with van der Waals surface area (Å²) in [7, 11) is -9.07. The van der Waals surface area contributed by atoms with Gasteiger partial charge in [-0.3, -0.25) is 9.59 Å². The molecule has 72 heavy (non-hydrogen) atoms. The maximum Gasteiger partial charge on any atom is 0.501 e. The third kappa shape index (κ3) is 15.7. The number of unbranched alkanes of at least 4 members (excludes halogenated alkanes) is 4. The Morgan fingerprint density at radius 2 is 1.50 bits per heavy atom. The fourth-order valence-corrected chi connectivity index (χ4v) is 11.7. The van der Waals surface area contributed by atoms with Crippen LogP contribution >= 0.6 is 23.4 Å². The van der Waals surface area contributed by atoms with Crippen LogP contribution in [0.1, 0.15) is 86.7 Å². The lowest BCUT2D eigenvalue weighted by Gasteiger charge is -2.36. The molecule has 0 radical (unpaired) electrons. The Bertz CT molecular complexity index is 2780. The van der Waals surface area contributed by atoms with Crippen molar-refractivity contribution in [3.8, 4) is 11.1 Å². The summed E-state index contributed by atoms with van der Waals surface area (Å²) < 4.78 is 103. The fraction of sp³-hybridized carbons (Fsp3) is 0.396. The number of rotatable bonds is 25. The predicted molar refractivity (Wildman–Crippen MR) is 279 cm³/mol. The van der Waals surface area contributed by atoms with Gasteiger partial charge in [0.2, 0.25) is 0 Å². The van der Waals surface area contributed by atoms with Gasteiger partial charge in [-0.25, -0.2) is 21.6 Å². The van der Waals surface area contributed by atoms with Gasteiger partial charge >= 0.3 is 11.5 Å². The summed E-state index contributed by atoms with van der Waals surface area (Å²) in [5.74, 6) is -0.959. The van der Waals surface area contributed by atoms with Crippen molar-refractivity contribution in [3.05, 3.63) is 137 Å². The molecule has 2 unspecified atom stereocenters. The molecular formula is C53H62ClF3N4O8S3. The molecule has 3 N–H and O–H groups in total. The van der Waals surface area contributed by atoms with Gasteiger partial charge in [0.1, 0.15) is 4.90 Å². The first-order chi connectivity index (χ1) is 34.4. The number of hydrogen-bond acceptors (Lipinski definition) is 12. The van der Waals surface area contributed by atoms with Crippen LogP contribution in [0.4, 0.5) is 24.5 Å². The van der Waals surface area contributed by atoms with Gasteiger partial charge in [-0.15, -0.1) is 11.8 Å². The van der Waals surface area contributed by atoms with E-state index in [2.05, 4.69) is 15.1 Å². The Kier molecular flexibility index (Phi) is 20.5. The highest BCUT2D eigenvalue weighted by molar-refractivity contribution is 7.99. The molecule has 1 saturated heterocycles. The summed E-state index contributed by atoms with van der Waals surface area (Å²) in [6.45, 7) is 4.59. The van der Waals surface area contributed by atoms with Crippen molar-refractivity contribution in [2.24, 2.45) is 5.92 Å². The Labute approximate surface area is 430 Å². The average molecular weight is 1070 g/mol. The number of nitrogens with one attached hydrogen (secondary N) is 2. The lowest BCUT2D eigenvalue weighted by molar-refractivity contribution is -0.143. The average Bonchev–Trinajstić information content (AvgIpc) is 3.37. The molecule has 388 valence electrons. The molecule has 0 saturated carbocycles. The number of benzene rings is 5. The zero-order valence-corrected chi connectivity index (χ0v) is 43.5. The topological polar surface area (TPSA) is 162 Å². The van der Waals surface area contributed by atoms with Crippen LogP contribution in [0.15, 0.2) is 136 Å². The van der Waals surface area contributed by atoms with E-state index in [0.717, 1.165) is 78.1 Å². The van der Waals surface area contributed by atoms with E-state index < -0.39 is 58.9 Å². The van der Waals surface area contributed by atoms with E-state index >= 15 is 0 Å². The number of sulfonamides is 1. The zero-order valence-electron chi connectivity index (χ0n) is 40.3. The summed E-state index contributed by atoms with van der Waals surface area (Å²) in [5, 5.41) is 15.1. The van der Waals surface area contributed by atoms with Crippen LogP contribution < -0.4 is 14.9 Å². The normalized spacial score (nSPS) is 14.5. The van der Waals surface area contributed by atoms with E-state index in [9.17, 15) is 44.7 Å². The highest BCUT2D eigenvalue weighted by atomic mass is 35.5. The summed E-state index contributed by atoms with van der Waals surface area (Å²) >= 11 is 7.54. The van der Waals surface area contributed by atoms with E-state index in [4.69, 9.17) is 16.3 Å². The molecule has 0 aliphatic carbocycles. The maximum atomic E-state index is 14.3. The number of ether oxygens (including phenoxy) is 1. The lowest BCUT2D eigenvalue weighted by Crippen LogP contribution is -2.36. The van der Waals surface area contributed by atoms with Gasteiger partial charge in [0.15, 0.2) is 0 Å². The molecule has 2 atom stereocenters. The number of alkyl halides is 3. The first-order valence-electron chi connectivity index (χ1n) is 24.1. The minimum Gasteiger partial charge on any atom is -0.466 e. The van der Waals surface area contributed by atoms with Crippen LogP contribution in [0.2, 0.25) is 5.02 Å². The number of hydrogen-bond donors (Lipinski definition) is 3. The van der Waals surface area contributed by atoms with Gasteiger partial charge in [-0.05, 0) is 149 Å². The summed E-state index contributed by atoms with van der Waals surface area (Å²) in [6, 6.07) is 32.5. The van der Waals surface area contributed by atoms with Crippen molar-refractivity contribution in [3.63, 3.8) is 0 Å². The van der Waals surface area contributed by atoms with Gasteiger partial charge < -0.3 is 25.0 Å². The van der Waals surface area contributed by atoms with Crippen molar-refractivity contribution in [1.29, 1.82) is 0 Å². The smallest absolute Gasteiger partial charge is 0.466 e. The second kappa shape index (κ2) is 26.2. The molecule has 1 aliphatic rings. The van der Waals surface area contributed by atoms with Gasteiger partial charge in [0, 0.05) is 52.5 Å². The monoisotopic (exact) mass is 1070 g/mol. The van der Waals surface area contributed by atoms with Crippen LogP contribution in [0, 0.1) is 5.92 Å². The third-order valence-corrected chi connectivity index (χ3v) is 16.9. The quantitative estimate of drug-likeness (QED) is 0.0289. The lowest BCUT2D eigenvalue weighted by atomic mass is 9.84. The molecule has 5 aromatic rings. The SMILES string of the molecule is CCOC(=O)CCCCCCCN(C)CCC(CSc1ccccc1)Nc1ccc(S(=O)(=O)NC(=O)c2ccc(N3CCC(C(O)c4ccccc4-c4ccc(Cl)cc4)CC3)cc2)cc1S(=O)(=O)C(F)(F)F. The number of piperidine rings is 1. The number of carbonyl (C=O) groups is 2. The van der Waals surface area contributed by atoms with E-state index in [1.54, 1.807) is 19.1 Å². The molecule has 0 aromatic heterocycles. The summed E-state index contributed by atoms with van der Waals surface area (Å²) in [6.07, 6.45) is 5.84. The number of sulfone groups is 1. The third-order valence-electron chi connectivity index (χ3n) is 12.6. The second-order valence-electron chi connectivity index (χ2n) is 17.8. The number of amides is 1. The Hall–Kier alpha value is -5.11. The van der Waals surface area contributed by atoms with Crippen molar-refractivity contribution in [1.82, 2.24) is 9.62 Å². The Balaban J connectivity index is 1.09. The first kappa shape index (κ1) is 56.2. The molecule has 1 heterocycles. The molecule has 6 rings (SSSR count). The van der Waals surface area contributed by atoms with E-state index in [1.807, 2.05) is 90.6 Å². The molecule has 0 bridgehead atoms. The summed E-state index contributed by atoms with van der Waals surface area (Å²) in [4.78, 5) is 27.9. The molecule has 1 amide bonds. The Morgan fingerprint density at radius 1 is 0.847 bits per heavy atom. The highest BCUT2D eigenvalue weighted by Crippen LogP contribution is 2.39. The number of halogens is 4. The molecule has 12 nitrogen and oxygen atoms in total. The molecular weight excluding hydrogens is 1010 g/mol. The molecule has 5 aromatic carbocycles. The van der Waals surface area contributed by atoms with Crippen LogP contribution in [-0.2, 0) is 29.4 Å². The van der Waals surface area contributed by atoms with Crippen LogP contribution in [0.25, 0.3) is 11.1 Å². The predicted octanol–water partition coefficient (Wildman–Crippen LogP) is 11.2. The zero-order chi connectivity index (χ0) is 51.9. The van der Waals surface area contributed by atoms with Crippen molar-refractivity contribution in [2.75, 3.05) is 55.8 Å². The van der Waals surface area contributed by atoms with Crippen molar-refractivity contribution in [2.45, 2.75) is 97.1 Å². The maximum absolute atomic E-state index is 14.3. The van der Waals surface area contributed by atoms with Gasteiger partial charge in [-0.2, -0.15) is 13.2 Å². The minimum atomic E-state index is -6.10. The largest absolute Gasteiger partial charge is 0.501 e. The van der Waals surface area contributed by atoms with E-state index in [-0.39, 0.29) is 17.5 Å². The highest BCUT2D eigenvalue weighted by Gasteiger charge is 2.48. The van der Waals surface area contributed by atoms with Crippen LogP contribution in [0.5, 0.6) is 0 Å². The number of esters is 1.